The van der Waals surface area contributed by atoms with Crippen molar-refractivity contribution in [3.05, 3.63) is 59.0 Å². The molecule has 1 saturated carbocycles. The summed E-state index contributed by atoms with van der Waals surface area (Å²) in [5, 5.41) is 1.20. The molecule has 1 fully saturated rings. The van der Waals surface area contributed by atoms with Crippen molar-refractivity contribution in [2.45, 2.75) is 38.0 Å². The summed E-state index contributed by atoms with van der Waals surface area (Å²) >= 11 is 0. The molecule has 0 amide bonds. The average molecular weight is 364 g/mol. The number of carbonyl (C=O) groups excluding carboxylic acids is 1. The molecule has 0 saturated heterocycles. The van der Waals surface area contributed by atoms with Gasteiger partial charge in [0.25, 0.3) is 0 Å². The third kappa shape index (κ3) is 3.42. The predicted octanol–water partition coefficient (Wildman–Crippen LogP) is 4.61. The van der Waals surface area contributed by atoms with Crippen molar-refractivity contribution in [1.29, 1.82) is 0 Å². The summed E-state index contributed by atoms with van der Waals surface area (Å²) in [5.41, 5.74) is 4.89. The van der Waals surface area contributed by atoms with Gasteiger partial charge in [-0.3, -0.25) is 0 Å². The number of hydrogen-bond acceptors (Lipinski definition) is 4. The molecule has 3 aromatic rings. The van der Waals surface area contributed by atoms with Gasteiger partial charge >= 0.3 is 5.97 Å². The zero-order valence-corrected chi connectivity index (χ0v) is 15.7. The van der Waals surface area contributed by atoms with Crippen molar-refractivity contribution in [3.63, 3.8) is 0 Å². The number of carbonyl (C=O) groups is 1. The van der Waals surface area contributed by atoms with Gasteiger partial charge in [0.1, 0.15) is 11.4 Å². The van der Waals surface area contributed by atoms with E-state index in [0.29, 0.717) is 18.0 Å². The molecule has 2 heterocycles. The lowest BCUT2D eigenvalue weighted by atomic mass is 9.96. The first-order valence-corrected chi connectivity index (χ1v) is 9.42. The van der Waals surface area contributed by atoms with Gasteiger partial charge < -0.3 is 14.5 Å². The van der Waals surface area contributed by atoms with Crippen LogP contribution < -0.4 is 4.74 Å². The zero-order valence-electron chi connectivity index (χ0n) is 15.7. The summed E-state index contributed by atoms with van der Waals surface area (Å²) in [6.45, 7) is 0. The van der Waals surface area contributed by atoms with Gasteiger partial charge in [0.05, 0.1) is 14.2 Å². The summed E-state index contributed by atoms with van der Waals surface area (Å²) in [4.78, 5) is 20.0. The molecule has 5 nitrogen and oxygen atoms in total. The highest BCUT2D eigenvalue weighted by atomic mass is 16.5. The molecule has 27 heavy (non-hydrogen) atoms. The monoisotopic (exact) mass is 364 g/mol. The van der Waals surface area contributed by atoms with E-state index in [-0.39, 0.29) is 0 Å². The van der Waals surface area contributed by atoms with E-state index in [0.717, 1.165) is 17.0 Å². The first kappa shape index (κ1) is 17.6. The molecule has 1 N–H and O–H groups in total. The van der Waals surface area contributed by atoms with E-state index in [2.05, 4.69) is 22.1 Å². The third-order valence-corrected chi connectivity index (χ3v) is 5.47. The van der Waals surface area contributed by atoms with Crippen LogP contribution in [0.1, 0.15) is 59.0 Å². The average Bonchev–Trinajstić information content (AvgIpc) is 3.35. The molecule has 0 atom stereocenters. The van der Waals surface area contributed by atoms with Crippen molar-refractivity contribution in [2.24, 2.45) is 0 Å². The Balaban J connectivity index is 1.77. The summed E-state index contributed by atoms with van der Waals surface area (Å²) in [7, 11) is 3.06. The van der Waals surface area contributed by atoms with Crippen LogP contribution in [0.5, 0.6) is 5.75 Å². The number of ether oxygens (including phenoxy) is 2. The number of nitrogens with one attached hydrogen (secondary N) is 1. The molecule has 1 aliphatic carbocycles. The van der Waals surface area contributed by atoms with Crippen molar-refractivity contribution in [1.82, 2.24) is 9.97 Å². The number of hydrogen-bond donors (Lipinski definition) is 1. The fourth-order valence-electron chi connectivity index (χ4n) is 4.11. The molecule has 5 heteroatoms. The van der Waals surface area contributed by atoms with E-state index >= 15 is 0 Å². The molecular weight excluding hydrogens is 340 g/mol. The second-order valence-corrected chi connectivity index (χ2v) is 7.09. The molecule has 1 aliphatic rings. The second-order valence-electron chi connectivity index (χ2n) is 7.09. The van der Waals surface area contributed by atoms with E-state index < -0.39 is 5.97 Å². The maximum atomic E-state index is 11.8. The molecule has 0 aliphatic heterocycles. The minimum atomic E-state index is -0.406. The maximum absolute atomic E-state index is 11.8. The number of aromatic amines is 1. The minimum absolute atomic E-state index is 0.346. The van der Waals surface area contributed by atoms with Crippen LogP contribution in [0.2, 0.25) is 0 Å². The number of fused-ring (bicyclic) bond motifs is 1. The fourth-order valence-corrected chi connectivity index (χ4v) is 4.11. The van der Waals surface area contributed by atoms with E-state index in [4.69, 9.17) is 9.47 Å². The van der Waals surface area contributed by atoms with Gasteiger partial charge in [-0.05, 0) is 48.6 Å². The predicted molar refractivity (Wildman–Crippen MR) is 104 cm³/mol. The van der Waals surface area contributed by atoms with E-state index in [1.165, 1.54) is 49.4 Å². The van der Waals surface area contributed by atoms with E-state index in [9.17, 15) is 4.79 Å². The molecular formula is C22H24N2O3. The summed E-state index contributed by atoms with van der Waals surface area (Å²) in [6, 6.07) is 11.7. The smallest absolute Gasteiger partial charge is 0.356 e. The highest BCUT2D eigenvalue weighted by Crippen LogP contribution is 2.39. The standard InChI is InChI=1S/C22H24N2O3/c1-26-16-10-11-17-18(12-15-8-5-9-19(23-15)22(25)27-2)21(24-20(17)13-16)14-6-3-4-7-14/h5,8-11,13-14,24H,3-4,6-7,12H2,1-2H3. The van der Waals surface area contributed by atoms with E-state index in [1.54, 1.807) is 13.2 Å². The molecule has 2 aromatic heterocycles. The largest absolute Gasteiger partial charge is 0.497 e. The van der Waals surface area contributed by atoms with Gasteiger partial charge in [-0.25, -0.2) is 9.78 Å². The maximum Gasteiger partial charge on any atom is 0.356 e. The Bertz CT molecular complexity index is 971. The molecule has 4 rings (SSSR count). The van der Waals surface area contributed by atoms with Crippen LogP contribution >= 0.6 is 0 Å². The molecule has 0 radical (unpaired) electrons. The Labute approximate surface area is 158 Å². The molecule has 1 aromatic carbocycles. The van der Waals surface area contributed by atoms with Crippen LogP contribution in [-0.2, 0) is 11.2 Å². The lowest BCUT2D eigenvalue weighted by molar-refractivity contribution is 0.0593. The summed E-state index contributed by atoms with van der Waals surface area (Å²) in [5.74, 6) is 0.998. The van der Waals surface area contributed by atoms with Crippen molar-refractivity contribution in [2.75, 3.05) is 14.2 Å². The molecule has 0 bridgehead atoms. The van der Waals surface area contributed by atoms with Crippen LogP contribution in [0.25, 0.3) is 10.9 Å². The Kier molecular flexibility index (Phi) is 4.84. The zero-order chi connectivity index (χ0) is 18.8. The summed E-state index contributed by atoms with van der Waals surface area (Å²) in [6.07, 6.45) is 5.67. The summed E-state index contributed by atoms with van der Waals surface area (Å²) < 4.78 is 10.2. The van der Waals surface area contributed by atoms with Crippen molar-refractivity contribution < 1.29 is 14.3 Å². The van der Waals surface area contributed by atoms with Crippen LogP contribution in [-0.4, -0.2) is 30.2 Å². The number of rotatable bonds is 5. The first-order chi connectivity index (χ1) is 13.2. The first-order valence-electron chi connectivity index (χ1n) is 9.42. The van der Waals surface area contributed by atoms with Gasteiger partial charge in [0.2, 0.25) is 0 Å². The van der Waals surface area contributed by atoms with Gasteiger partial charge in [-0.1, -0.05) is 18.9 Å². The molecule has 0 spiro atoms. The quantitative estimate of drug-likeness (QED) is 0.672. The fraction of sp³-hybridized carbons (Fsp3) is 0.364. The number of methoxy groups -OCH3 is 2. The lowest BCUT2D eigenvalue weighted by Crippen LogP contribution is -2.07. The Morgan fingerprint density at radius 2 is 2.00 bits per heavy atom. The number of pyridine rings is 1. The lowest BCUT2D eigenvalue weighted by Gasteiger charge is -2.11. The minimum Gasteiger partial charge on any atom is -0.497 e. The number of benzene rings is 1. The third-order valence-electron chi connectivity index (χ3n) is 5.47. The van der Waals surface area contributed by atoms with Gasteiger partial charge in [-0.2, -0.15) is 0 Å². The highest BCUT2D eigenvalue weighted by molar-refractivity contribution is 5.88. The van der Waals surface area contributed by atoms with Crippen LogP contribution in [0.4, 0.5) is 0 Å². The normalized spacial score (nSPS) is 14.6. The van der Waals surface area contributed by atoms with Crippen molar-refractivity contribution in [3.8, 4) is 5.75 Å². The van der Waals surface area contributed by atoms with Crippen molar-refractivity contribution >= 4 is 16.9 Å². The Morgan fingerprint density at radius 1 is 1.19 bits per heavy atom. The topological polar surface area (TPSA) is 64.2 Å². The molecule has 0 unspecified atom stereocenters. The van der Waals surface area contributed by atoms with E-state index in [1.807, 2.05) is 18.2 Å². The number of esters is 1. The van der Waals surface area contributed by atoms with Gasteiger partial charge in [0.15, 0.2) is 0 Å². The second kappa shape index (κ2) is 7.43. The number of aromatic nitrogens is 2. The van der Waals surface area contributed by atoms with Crippen LogP contribution in [0.3, 0.4) is 0 Å². The SMILES string of the molecule is COC(=O)c1cccc(Cc2c(C3CCCC3)[nH]c3cc(OC)ccc23)n1. The Morgan fingerprint density at radius 3 is 2.74 bits per heavy atom. The molecule has 140 valence electrons. The van der Waals surface area contributed by atoms with Crippen LogP contribution in [0, 0.1) is 0 Å². The van der Waals surface area contributed by atoms with Gasteiger partial charge in [-0.15, -0.1) is 0 Å². The van der Waals surface area contributed by atoms with Crippen LogP contribution in [0.15, 0.2) is 36.4 Å². The highest BCUT2D eigenvalue weighted by Gasteiger charge is 2.24. The van der Waals surface area contributed by atoms with Gasteiger partial charge in [0, 0.05) is 34.8 Å². The number of nitrogens with zero attached hydrogens (tertiary/aromatic N) is 1. The number of H-pyrrole nitrogens is 1. The Hall–Kier alpha value is -2.82.